The fourth-order valence-electron chi connectivity index (χ4n) is 1.97. The van der Waals surface area contributed by atoms with Crippen LogP contribution in [-0.2, 0) is 6.54 Å². The van der Waals surface area contributed by atoms with Gasteiger partial charge in [-0.2, -0.15) is 0 Å². The second-order valence-electron chi connectivity index (χ2n) is 5.04. The Morgan fingerprint density at radius 2 is 2.30 bits per heavy atom. The molecule has 1 aliphatic carbocycles. The minimum Gasteiger partial charge on any atom is -0.476 e. The normalized spacial score (nSPS) is 15.7. The van der Waals surface area contributed by atoms with Crippen LogP contribution in [0.2, 0.25) is 0 Å². The molecular formula is C13H19N3O3S. The highest BCUT2D eigenvalue weighted by atomic mass is 32.1. The van der Waals surface area contributed by atoms with E-state index >= 15 is 0 Å². The van der Waals surface area contributed by atoms with E-state index < -0.39 is 5.97 Å². The lowest BCUT2D eigenvalue weighted by molar-refractivity contribution is 0.0691. The SMILES string of the molecule is CCC(CC1CC1)NC(=O)NCc1nc(C(=O)O)cs1. The largest absolute Gasteiger partial charge is 0.476 e. The lowest BCUT2D eigenvalue weighted by Crippen LogP contribution is -2.41. The van der Waals surface area contributed by atoms with Gasteiger partial charge in [0.1, 0.15) is 5.01 Å². The zero-order chi connectivity index (χ0) is 14.5. The molecule has 1 atom stereocenters. The number of rotatable bonds is 7. The Bertz CT molecular complexity index is 485. The number of carboxylic acids is 1. The molecule has 0 aliphatic heterocycles. The van der Waals surface area contributed by atoms with Gasteiger partial charge in [0.25, 0.3) is 0 Å². The Kier molecular flexibility index (Phi) is 4.94. The summed E-state index contributed by atoms with van der Waals surface area (Å²) in [6.45, 7) is 2.32. The zero-order valence-electron chi connectivity index (χ0n) is 11.4. The lowest BCUT2D eigenvalue weighted by Gasteiger charge is -2.16. The highest BCUT2D eigenvalue weighted by Crippen LogP contribution is 2.33. The molecule has 0 aromatic carbocycles. The molecule has 1 aromatic rings. The van der Waals surface area contributed by atoms with Gasteiger partial charge in [-0.1, -0.05) is 19.8 Å². The Labute approximate surface area is 121 Å². The van der Waals surface area contributed by atoms with Crippen LogP contribution in [0.1, 0.15) is 48.1 Å². The number of carbonyl (C=O) groups is 2. The van der Waals surface area contributed by atoms with E-state index in [1.54, 1.807) is 0 Å². The zero-order valence-corrected chi connectivity index (χ0v) is 12.2. The van der Waals surface area contributed by atoms with Crippen LogP contribution in [0.15, 0.2) is 5.38 Å². The monoisotopic (exact) mass is 297 g/mol. The molecule has 3 N–H and O–H groups in total. The van der Waals surface area contributed by atoms with Crippen molar-refractivity contribution in [2.45, 2.75) is 45.2 Å². The second-order valence-corrected chi connectivity index (χ2v) is 5.99. The second kappa shape index (κ2) is 6.69. The van der Waals surface area contributed by atoms with Crippen molar-refractivity contribution in [2.75, 3.05) is 0 Å². The topological polar surface area (TPSA) is 91.3 Å². The van der Waals surface area contributed by atoms with E-state index in [1.165, 1.54) is 29.6 Å². The summed E-state index contributed by atoms with van der Waals surface area (Å²) in [5.41, 5.74) is 0.0207. The first-order valence-corrected chi connectivity index (χ1v) is 7.68. The van der Waals surface area contributed by atoms with Crippen molar-refractivity contribution in [3.8, 4) is 0 Å². The number of aromatic nitrogens is 1. The molecule has 1 fully saturated rings. The smallest absolute Gasteiger partial charge is 0.355 e. The molecule has 6 nitrogen and oxygen atoms in total. The van der Waals surface area contributed by atoms with E-state index in [0.29, 0.717) is 5.01 Å². The number of urea groups is 1. The van der Waals surface area contributed by atoms with Crippen molar-refractivity contribution in [3.05, 3.63) is 16.1 Å². The third-order valence-electron chi connectivity index (χ3n) is 3.31. The van der Waals surface area contributed by atoms with Gasteiger partial charge in [-0.15, -0.1) is 11.3 Å². The molecule has 110 valence electrons. The molecule has 1 aromatic heterocycles. The number of nitrogens with one attached hydrogen (secondary N) is 2. The van der Waals surface area contributed by atoms with E-state index in [2.05, 4.69) is 22.5 Å². The van der Waals surface area contributed by atoms with Gasteiger partial charge in [0.15, 0.2) is 5.69 Å². The van der Waals surface area contributed by atoms with Crippen molar-refractivity contribution in [1.82, 2.24) is 15.6 Å². The molecule has 0 saturated heterocycles. The van der Waals surface area contributed by atoms with E-state index in [1.807, 2.05) is 0 Å². The van der Waals surface area contributed by atoms with Gasteiger partial charge >= 0.3 is 12.0 Å². The number of thiazole rings is 1. The first kappa shape index (κ1) is 14.8. The summed E-state index contributed by atoms with van der Waals surface area (Å²) in [5, 5.41) is 16.5. The van der Waals surface area contributed by atoms with Gasteiger partial charge in [-0.3, -0.25) is 0 Å². The Morgan fingerprint density at radius 1 is 1.55 bits per heavy atom. The lowest BCUT2D eigenvalue weighted by atomic mass is 10.1. The molecule has 1 saturated carbocycles. The van der Waals surface area contributed by atoms with Crippen LogP contribution >= 0.6 is 11.3 Å². The molecule has 20 heavy (non-hydrogen) atoms. The predicted octanol–water partition coefficient (Wildman–Crippen LogP) is 2.22. The Hall–Kier alpha value is -1.63. The number of nitrogens with zero attached hydrogens (tertiary/aromatic N) is 1. The standard InChI is InChI=1S/C13H19N3O3S/c1-2-9(5-8-3-4-8)15-13(19)14-6-11-16-10(7-20-11)12(17)18/h7-9H,2-6H2,1H3,(H,17,18)(H2,14,15,19). The number of carbonyl (C=O) groups excluding carboxylic acids is 1. The highest BCUT2D eigenvalue weighted by molar-refractivity contribution is 7.09. The van der Waals surface area contributed by atoms with Crippen LogP contribution in [0.3, 0.4) is 0 Å². The van der Waals surface area contributed by atoms with Gasteiger partial charge in [0.2, 0.25) is 0 Å². The maximum Gasteiger partial charge on any atom is 0.355 e. The molecular weight excluding hydrogens is 278 g/mol. The number of amides is 2. The van der Waals surface area contributed by atoms with Crippen LogP contribution < -0.4 is 10.6 Å². The third kappa shape index (κ3) is 4.48. The number of aromatic carboxylic acids is 1. The molecule has 0 spiro atoms. The molecule has 0 bridgehead atoms. The van der Waals surface area contributed by atoms with Gasteiger partial charge in [0.05, 0.1) is 6.54 Å². The molecule has 2 amide bonds. The highest BCUT2D eigenvalue weighted by Gasteiger charge is 2.25. The summed E-state index contributed by atoms with van der Waals surface area (Å²) in [5.74, 6) is -0.273. The number of carboxylic acid groups (broad SMARTS) is 1. The predicted molar refractivity (Wildman–Crippen MR) is 75.9 cm³/mol. The molecule has 0 radical (unpaired) electrons. The van der Waals surface area contributed by atoms with Gasteiger partial charge in [0, 0.05) is 11.4 Å². The molecule has 7 heteroatoms. The van der Waals surface area contributed by atoms with E-state index in [9.17, 15) is 9.59 Å². The molecule has 1 aliphatic rings. The summed E-state index contributed by atoms with van der Waals surface area (Å²) >= 11 is 1.23. The van der Waals surface area contributed by atoms with Crippen LogP contribution in [-0.4, -0.2) is 28.1 Å². The van der Waals surface area contributed by atoms with E-state index in [-0.39, 0.29) is 24.3 Å². The first-order chi connectivity index (χ1) is 9.58. The van der Waals surface area contributed by atoms with Crippen LogP contribution in [0.4, 0.5) is 4.79 Å². The van der Waals surface area contributed by atoms with E-state index in [0.717, 1.165) is 18.8 Å². The first-order valence-electron chi connectivity index (χ1n) is 6.80. The summed E-state index contributed by atoms with van der Waals surface area (Å²) in [6.07, 6.45) is 4.52. The molecule has 1 unspecified atom stereocenters. The van der Waals surface area contributed by atoms with E-state index in [4.69, 9.17) is 5.11 Å². The maximum atomic E-state index is 11.8. The van der Waals surface area contributed by atoms with Crippen molar-refractivity contribution < 1.29 is 14.7 Å². The van der Waals surface area contributed by atoms with Crippen LogP contribution in [0.25, 0.3) is 0 Å². The summed E-state index contributed by atoms with van der Waals surface area (Å²) in [7, 11) is 0. The maximum absolute atomic E-state index is 11.8. The fraction of sp³-hybridized carbons (Fsp3) is 0.615. The quantitative estimate of drug-likeness (QED) is 0.719. The minimum atomic E-state index is -1.05. The minimum absolute atomic E-state index is 0.0207. The fourth-order valence-corrected chi connectivity index (χ4v) is 2.67. The third-order valence-corrected chi connectivity index (χ3v) is 4.16. The molecule has 1 heterocycles. The molecule has 2 rings (SSSR count). The summed E-state index contributed by atoms with van der Waals surface area (Å²) in [4.78, 5) is 26.4. The Balaban J connectivity index is 1.74. The summed E-state index contributed by atoms with van der Waals surface area (Å²) in [6, 6.07) is -0.00190. The van der Waals surface area contributed by atoms with Crippen molar-refractivity contribution >= 4 is 23.3 Å². The number of hydrogen-bond acceptors (Lipinski definition) is 4. The van der Waals surface area contributed by atoms with Crippen LogP contribution in [0.5, 0.6) is 0 Å². The van der Waals surface area contributed by atoms with Gasteiger partial charge in [-0.05, 0) is 18.8 Å². The average Bonchev–Trinajstić information content (AvgIpc) is 3.09. The van der Waals surface area contributed by atoms with Gasteiger partial charge < -0.3 is 15.7 Å². The van der Waals surface area contributed by atoms with Gasteiger partial charge in [-0.25, -0.2) is 14.6 Å². The summed E-state index contributed by atoms with van der Waals surface area (Å²) < 4.78 is 0. The van der Waals surface area contributed by atoms with Crippen molar-refractivity contribution in [3.63, 3.8) is 0 Å². The number of hydrogen-bond donors (Lipinski definition) is 3. The van der Waals surface area contributed by atoms with Crippen molar-refractivity contribution in [1.29, 1.82) is 0 Å². The van der Waals surface area contributed by atoms with Crippen LogP contribution in [0, 0.1) is 5.92 Å². The van der Waals surface area contributed by atoms with Crippen molar-refractivity contribution in [2.24, 2.45) is 5.92 Å². The average molecular weight is 297 g/mol. The Morgan fingerprint density at radius 3 is 2.85 bits per heavy atom.